The minimum atomic E-state index is -1.26. The number of para-hydroxylation sites is 1. The Morgan fingerprint density at radius 1 is 0.857 bits per heavy atom. The Hall–Kier alpha value is -2.86. The van der Waals surface area contributed by atoms with Crippen LogP contribution in [0.3, 0.4) is 0 Å². The summed E-state index contributed by atoms with van der Waals surface area (Å²) < 4.78 is 0. The minimum Gasteiger partial charge on any atom is -0.508 e. The molecule has 0 bridgehead atoms. The van der Waals surface area contributed by atoms with Gasteiger partial charge in [0.05, 0.1) is 5.56 Å². The molecule has 0 aliphatic rings. The summed E-state index contributed by atoms with van der Waals surface area (Å²) in [6.45, 7) is 0. The van der Waals surface area contributed by atoms with Gasteiger partial charge in [-0.25, -0.2) is 0 Å². The normalized spacial score (nSPS) is 12.6. The number of aliphatic hydroxyl groups is 1. The lowest BCUT2D eigenvalue weighted by molar-refractivity contribution is 0.223. The summed E-state index contributed by atoms with van der Waals surface area (Å²) in [4.78, 5) is 0. The maximum Gasteiger partial charge on any atom is 0.163 e. The second kappa shape index (κ2) is 5.64. The highest BCUT2D eigenvalue weighted by Crippen LogP contribution is 2.36. The molecule has 0 aliphatic carbocycles. The topological polar surface area (TPSA) is 121 Å². The van der Waals surface area contributed by atoms with E-state index in [0.29, 0.717) is 0 Å². The molecule has 2 rings (SSSR count). The van der Waals surface area contributed by atoms with Crippen molar-refractivity contribution < 1.29 is 30.6 Å². The van der Waals surface area contributed by atoms with Gasteiger partial charge in [-0.1, -0.05) is 18.2 Å². The molecular weight excluding hydrogens is 276 g/mol. The van der Waals surface area contributed by atoms with Crippen LogP contribution in [0, 0.1) is 0 Å². The fraction of sp³-hybridized carbons (Fsp3) is 0.0667. The van der Waals surface area contributed by atoms with Gasteiger partial charge in [-0.15, -0.1) is 0 Å². The van der Waals surface area contributed by atoms with Gasteiger partial charge in [0.2, 0.25) is 0 Å². The molecule has 6 heteroatoms. The largest absolute Gasteiger partial charge is 0.508 e. The van der Waals surface area contributed by atoms with Crippen molar-refractivity contribution in [2.45, 2.75) is 6.10 Å². The van der Waals surface area contributed by atoms with Gasteiger partial charge in [-0.05, 0) is 12.1 Å². The van der Waals surface area contributed by atoms with E-state index >= 15 is 0 Å². The summed E-state index contributed by atoms with van der Waals surface area (Å²) >= 11 is 0. The fourth-order valence-electron chi connectivity index (χ4n) is 1.86. The first kappa shape index (κ1) is 14.5. The van der Waals surface area contributed by atoms with Gasteiger partial charge in [0.25, 0.3) is 0 Å². The average molecular weight is 290 g/mol. The molecule has 6 nitrogen and oxygen atoms in total. The maximum atomic E-state index is 9.95. The van der Waals surface area contributed by atoms with E-state index in [0.717, 1.165) is 12.1 Å². The number of hydrogen-bond donors (Lipinski definition) is 6. The van der Waals surface area contributed by atoms with Crippen molar-refractivity contribution in [2.75, 3.05) is 0 Å². The molecular formula is C15H14O6. The molecule has 0 aromatic heterocycles. The standard InChI is InChI=1S/C15H14O6/c16-8-6-13(19)9(14(20)7-8)4-5-11(17)10-2-1-3-12(18)15(10)21/h1-7,11,16-21H/b5-4+. The Bertz CT molecular complexity index is 670. The number of aliphatic hydroxyl groups excluding tert-OH is 1. The molecule has 1 atom stereocenters. The van der Waals surface area contributed by atoms with Crippen LogP contribution in [0.5, 0.6) is 28.7 Å². The summed E-state index contributed by atoms with van der Waals surface area (Å²) in [6, 6.07) is 6.22. The van der Waals surface area contributed by atoms with Crippen molar-refractivity contribution in [3.8, 4) is 28.7 Å². The Morgan fingerprint density at radius 3 is 2.10 bits per heavy atom. The van der Waals surface area contributed by atoms with E-state index in [1.54, 1.807) is 0 Å². The fourth-order valence-corrected chi connectivity index (χ4v) is 1.86. The highest BCUT2D eigenvalue weighted by atomic mass is 16.3. The molecule has 21 heavy (non-hydrogen) atoms. The van der Waals surface area contributed by atoms with Crippen molar-refractivity contribution in [3.05, 3.63) is 47.5 Å². The molecule has 0 radical (unpaired) electrons. The van der Waals surface area contributed by atoms with Crippen LogP contribution in [0.1, 0.15) is 17.2 Å². The number of phenols is 5. The van der Waals surface area contributed by atoms with E-state index in [1.807, 2.05) is 0 Å². The SMILES string of the molecule is Oc1cc(O)c(/C=C/C(O)c2cccc(O)c2O)c(O)c1. The summed E-state index contributed by atoms with van der Waals surface area (Å²) in [5.74, 6) is -1.84. The zero-order valence-corrected chi connectivity index (χ0v) is 10.8. The molecule has 2 aromatic carbocycles. The predicted molar refractivity (Wildman–Crippen MR) is 75.2 cm³/mol. The third-order valence-corrected chi connectivity index (χ3v) is 2.93. The number of hydrogen-bond acceptors (Lipinski definition) is 6. The van der Waals surface area contributed by atoms with Crippen LogP contribution in [-0.4, -0.2) is 30.6 Å². The third-order valence-electron chi connectivity index (χ3n) is 2.93. The summed E-state index contributed by atoms with van der Waals surface area (Å²) in [6.07, 6.45) is 1.18. The number of phenolic OH excluding ortho intramolecular Hbond substituents is 5. The molecule has 0 saturated carbocycles. The summed E-state index contributed by atoms with van der Waals surface area (Å²) in [7, 11) is 0. The average Bonchev–Trinajstić information content (AvgIpc) is 2.40. The minimum absolute atomic E-state index is 0.00601. The van der Waals surface area contributed by atoms with Crippen molar-refractivity contribution in [2.24, 2.45) is 0 Å². The molecule has 0 amide bonds. The van der Waals surface area contributed by atoms with Gasteiger partial charge in [0.1, 0.15) is 23.4 Å². The number of rotatable bonds is 3. The molecule has 2 aromatic rings. The van der Waals surface area contributed by atoms with Crippen LogP contribution in [-0.2, 0) is 0 Å². The molecule has 0 aliphatic heterocycles. The highest BCUT2D eigenvalue weighted by molar-refractivity contribution is 5.66. The monoisotopic (exact) mass is 290 g/mol. The van der Waals surface area contributed by atoms with Crippen LogP contribution in [0.2, 0.25) is 0 Å². The first-order chi connectivity index (χ1) is 9.90. The molecule has 0 saturated heterocycles. The smallest absolute Gasteiger partial charge is 0.163 e. The van der Waals surface area contributed by atoms with Gasteiger partial charge in [0, 0.05) is 17.7 Å². The molecule has 0 heterocycles. The third kappa shape index (κ3) is 3.01. The zero-order chi connectivity index (χ0) is 15.6. The van der Waals surface area contributed by atoms with Crippen molar-refractivity contribution in [1.29, 1.82) is 0 Å². The molecule has 110 valence electrons. The van der Waals surface area contributed by atoms with Crippen LogP contribution < -0.4 is 0 Å². The lowest BCUT2D eigenvalue weighted by atomic mass is 10.1. The lowest BCUT2D eigenvalue weighted by Crippen LogP contribution is -1.93. The van der Waals surface area contributed by atoms with Gasteiger partial charge in [-0.3, -0.25) is 0 Å². The molecule has 0 fully saturated rings. The molecule has 6 N–H and O–H groups in total. The van der Waals surface area contributed by atoms with E-state index in [4.69, 9.17) is 0 Å². The lowest BCUT2D eigenvalue weighted by Gasteiger charge is -2.10. The Morgan fingerprint density at radius 2 is 1.48 bits per heavy atom. The first-order valence-corrected chi connectivity index (χ1v) is 6.02. The van der Waals surface area contributed by atoms with Gasteiger partial charge in [-0.2, -0.15) is 0 Å². The maximum absolute atomic E-state index is 9.95. The first-order valence-electron chi connectivity index (χ1n) is 6.02. The van der Waals surface area contributed by atoms with Crippen LogP contribution in [0.15, 0.2) is 36.4 Å². The summed E-state index contributed by atoms with van der Waals surface area (Å²) in [5.41, 5.74) is 0.0792. The van der Waals surface area contributed by atoms with Crippen molar-refractivity contribution >= 4 is 6.08 Å². The van der Waals surface area contributed by atoms with Crippen LogP contribution in [0.25, 0.3) is 6.08 Å². The van der Waals surface area contributed by atoms with E-state index in [9.17, 15) is 30.6 Å². The molecule has 1 unspecified atom stereocenters. The van der Waals surface area contributed by atoms with Crippen molar-refractivity contribution in [3.63, 3.8) is 0 Å². The van der Waals surface area contributed by atoms with E-state index in [-0.39, 0.29) is 34.1 Å². The van der Waals surface area contributed by atoms with Gasteiger partial charge in [0.15, 0.2) is 11.5 Å². The zero-order valence-electron chi connectivity index (χ0n) is 10.8. The summed E-state index contributed by atoms with van der Waals surface area (Å²) in [5, 5.41) is 57.4. The predicted octanol–water partition coefficient (Wildman–Crippen LogP) is 1.96. The number of benzene rings is 2. The molecule has 0 spiro atoms. The quantitative estimate of drug-likeness (QED) is 0.481. The van der Waals surface area contributed by atoms with E-state index in [1.165, 1.54) is 30.4 Å². The second-order valence-electron chi connectivity index (χ2n) is 4.42. The Balaban J connectivity index is 2.31. The van der Waals surface area contributed by atoms with Crippen molar-refractivity contribution in [1.82, 2.24) is 0 Å². The van der Waals surface area contributed by atoms with E-state index < -0.39 is 11.9 Å². The van der Waals surface area contributed by atoms with Crippen LogP contribution in [0.4, 0.5) is 0 Å². The second-order valence-corrected chi connectivity index (χ2v) is 4.42. The van der Waals surface area contributed by atoms with Crippen LogP contribution >= 0.6 is 0 Å². The number of aromatic hydroxyl groups is 5. The Labute approximate surface area is 120 Å². The van der Waals surface area contributed by atoms with E-state index in [2.05, 4.69) is 0 Å². The Kier molecular flexibility index (Phi) is 3.91. The van der Waals surface area contributed by atoms with Gasteiger partial charge < -0.3 is 30.6 Å². The van der Waals surface area contributed by atoms with Gasteiger partial charge >= 0.3 is 0 Å². The highest BCUT2D eigenvalue weighted by Gasteiger charge is 2.13.